The summed E-state index contributed by atoms with van der Waals surface area (Å²) >= 11 is 5.72. The lowest BCUT2D eigenvalue weighted by atomic mass is 9.95. The lowest BCUT2D eigenvalue weighted by molar-refractivity contribution is -0.114. The Balaban J connectivity index is 1.53. The third-order valence-electron chi connectivity index (χ3n) is 4.72. The van der Waals surface area contributed by atoms with Crippen LogP contribution in [0.15, 0.2) is 42.5 Å². The van der Waals surface area contributed by atoms with E-state index in [-0.39, 0.29) is 29.4 Å². The molecule has 2 aromatic rings. The van der Waals surface area contributed by atoms with Crippen molar-refractivity contribution in [3.05, 3.63) is 58.9 Å². The summed E-state index contributed by atoms with van der Waals surface area (Å²) < 4.78 is 13.2. The standard InChI is InChI=1S/C21H23ClFN3O2/c22-18-12-16(9-10-19(18)23)24-13-20(27)25-17-8-4-5-14(11-17)21(28)26-15-6-2-1-3-7-15/h4-5,8-12,15,24H,1-3,6-7,13H2,(H,25,27)(H,26,28). The molecule has 1 fully saturated rings. The van der Waals surface area contributed by atoms with Crippen molar-refractivity contribution in [2.75, 3.05) is 17.2 Å². The Bertz CT molecular complexity index is 853. The summed E-state index contributed by atoms with van der Waals surface area (Å²) in [7, 11) is 0. The molecule has 0 bridgehead atoms. The van der Waals surface area contributed by atoms with E-state index in [2.05, 4.69) is 16.0 Å². The number of benzene rings is 2. The predicted octanol–water partition coefficient (Wildman–Crippen LogP) is 4.59. The summed E-state index contributed by atoms with van der Waals surface area (Å²) in [4.78, 5) is 24.6. The highest BCUT2D eigenvalue weighted by molar-refractivity contribution is 6.31. The van der Waals surface area contributed by atoms with Crippen LogP contribution >= 0.6 is 11.6 Å². The maximum atomic E-state index is 13.2. The van der Waals surface area contributed by atoms with Crippen LogP contribution in [0, 0.1) is 5.82 Å². The van der Waals surface area contributed by atoms with Gasteiger partial charge in [-0.15, -0.1) is 0 Å². The highest BCUT2D eigenvalue weighted by Crippen LogP contribution is 2.20. The van der Waals surface area contributed by atoms with Crippen LogP contribution in [0.5, 0.6) is 0 Å². The topological polar surface area (TPSA) is 70.2 Å². The van der Waals surface area contributed by atoms with Crippen molar-refractivity contribution in [3.63, 3.8) is 0 Å². The molecule has 7 heteroatoms. The molecule has 0 aromatic heterocycles. The molecule has 2 aromatic carbocycles. The second-order valence-electron chi connectivity index (χ2n) is 6.92. The number of carbonyl (C=O) groups is 2. The smallest absolute Gasteiger partial charge is 0.251 e. The Morgan fingerprint density at radius 1 is 1.04 bits per heavy atom. The Morgan fingerprint density at radius 3 is 2.57 bits per heavy atom. The molecule has 3 N–H and O–H groups in total. The minimum atomic E-state index is -0.514. The molecule has 0 unspecified atom stereocenters. The zero-order valence-electron chi connectivity index (χ0n) is 15.4. The SMILES string of the molecule is O=C(CNc1ccc(F)c(Cl)c1)Nc1cccc(C(=O)NC2CCCCC2)c1. The van der Waals surface area contributed by atoms with Crippen LogP contribution < -0.4 is 16.0 Å². The maximum absolute atomic E-state index is 13.2. The number of nitrogens with one attached hydrogen (secondary N) is 3. The van der Waals surface area contributed by atoms with Gasteiger partial charge in [-0.05, 0) is 49.2 Å². The fraction of sp³-hybridized carbons (Fsp3) is 0.333. The first-order chi connectivity index (χ1) is 13.5. The van der Waals surface area contributed by atoms with Gasteiger partial charge in [0.05, 0.1) is 11.6 Å². The molecule has 0 spiro atoms. The number of halogens is 2. The van der Waals surface area contributed by atoms with E-state index in [0.29, 0.717) is 16.9 Å². The zero-order chi connectivity index (χ0) is 19.9. The molecule has 2 amide bonds. The van der Waals surface area contributed by atoms with Crippen molar-refractivity contribution in [1.29, 1.82) is 0 Å². The first-order valence-corrected chi connectivity index (χ1v) is 9.79. The molecular formula is C21H23ClFN3O2. The molecule has 0 heterocycles. The monoisotopic (exact) mass is 403 g/mol. The molecule has 5 nitrogen and oxygen atoms in total. The molecule has 3 rings (SSSR count). The van der Waals surface area contributed by atoms with Crippen LogP contribution in [0.3, 0.4) is 0 Å². The quantitative estimate of drug-likeness (QED) is 0.660. The van der Waals surface area contributed by atoms with Crippen LogP contribution in [0.1, 0.15) is 42.5 Å². The lowest BCUT2D eigenvalue weighted by Crippen LogP contribution is -2.36. The van der Waals surface area contributed by atoms with E-state index >= 15 is 0 Å². The average Bonchev–Trinajstić information content (AvgIpc) is 2.70. The van der Waals surface area contributed by atoms with E-state index in [1.807, 2.05) is 0 Å². The number of hydrogen-bond donors (Lipinski definition) is 3. The van der Waals surface area contributed by atoms with Crippen LogP contribution in [0.25, 0.3) is 0 Å². The normalized spacial score (nSPS) is 14.4. The van der Waals surface area contributed by atoms with Gasteiger partial charge in [-0.3, -0.25) is 9.59 Å². The number of amides is 2. The molecule has 0 aliphatic heterocycles. The predicted molar refractivity (Wildman–Crippen MR) is 109 cm³/mol. The van der Waals surface area contributed by atoms with Gasteiger partial charge in [0.15, 0.2) is 0 Å². The molecule has 0 radical (unpaired) electrons. The van der Waals surface area contributed by atoms with Gasteiger partial charge in [0.25, 0.3) is 5.91 Å². The Morgan fingerprint density at radius 2 is 1.82 bits per heavy atom. The van der Waals surface area contributed by atoms with Crippen molar-refractivity contribution in [2.24, 2.45) is 0 Å². The van der Waals surface area contributed by atoms with E-state index in [9.17, 15) is 14.0 Å². The largest absolute Gasteiger partial charge is 0.376 e. The molecule has 1 aliphatic carbocycles. The van der Waals surface area contributed by atoms with Crippen LogP contribution in [-0.2, 0) is 4.79 Å². The van der Waals surface area contributed by atoms with Crippen molar-refractivity contribution in [3.8, 4) is 0 Å². The van der Waals surface area contributed by atoms with Crippen LogP contribution in [-0.4, -0.2) is 24.4 Å². The average molecular weight is 404 g/mol. The lowest BCUT2D eigenvalue weighted by Gasteiger charge is -2.22. The van der Waals surface area contributed by atoms with Gasteiger partial charge in [0, 0.05) is 23.0 Å². The van der Waals surface area contributed by atoms with Gasteiger partial charge in [0.1, 0.15) is 5.82 Å². The number of anilines is 2. The summed E-state index contributed by atoms with van der Waals surface area (Å²) in [5.74, 6) is -0.924. The molecular weight excluding hydrogens is 381 g/mol. The summed E-state index contributed by atoms with van der Waals surface area (Å²) in [6.45, 7) is -0.0134. The van der Waals surface area contributed by atoms with E-state index in [4.69, 9.17) is 11.6 Å². The van der Waals surface area contributed by atoms with Crippen LogP contribution in [0.4, 0.5) is 15.8 Å². The number of rotatable bonds is 6. The van der Waals surface area contributed by atoms with Crippen molar-refractivity contribution in [2.45, 2.75) is 38.1 Å². The summed E-state index contributed by atoms with van der Waals surface area (Å²) in [5.41, 5.74) is 1.60. The number of hydrogen-bond acceptors (Lipinski definition) is 3. The first-order valence-electron chi connectivity index (χ1n) is 9.41. The third kappa shape index (κ3) is 5.70. The molecule has 28 heavy (non-hydrogen) atoms. The van der Waals surface area contributed by atoms with Crippen molar-refractivity contribution in [1.82, 2.24) is 5.32 Å². The molecule has 148 valence electrons. The van der Waals surface area contributed by atoms with Crippen molar-refractivity contribution < 1.29 is 14.0 Å². The summed E-state index contributed by atoms with van der Waals surface area (Å²) in [5, 5.41) is 8.68. The van der Waals surface area contributed by atoms with E-state index in [1.54, 1.807) is 24.3 Å². The van der Waals surface area contributed by atoms with E-state index in [1.165, 1.54) is 24.6 Å². The first kappa shape index (κ1) is 20.1. The Kier molecular flexibility index (Phi) is 6.87. The van der Waals surface area contributed by atoms with Gasteiger partial charge >= 0.3 is 0 Å². The third-order valence-corrected chi connectivity index (χ3v) is 5.01. The molecule has 1 saturated carbocycles. The zero-order valence-corrected chi connectivity index (χ0v) is 16.2. The summed E-state index contributed by atoms with van der Waals surface area (Å²) in [6, 6.07) is 11.2. The van der Waals surface area contributed by atoms with Gasteiger partial charge in [-0.25, -0.2) is 4.39 Å². The molecule has 0 atom stereocenters. The fourth-order valence-corrected chi connectivity index (χ4v) is 3.43. The second kappa shape index (κ2) is 9.55. The van der Waals surface area contributed by atoms with Gasteiger partial charge in [-0.1, -0.05) is 36.9 Å². The van der Waals surface area contributed by atoms with E-state index in [0.717, 1.165) is 25.7 Å². The molecule has 1 aliphatic rings. The highest BCUT2D eigenvalue weighted by Gasteiger charge is 2.17. The fourth-order valence-electron chi connectivity index (χ4n) is 3.25. The minimum absolute atomic E-state index is 0.0120. The molecule has 0 saturated heterocycles. The van der Waals surface area contributed by atoms with Gasteiger partial charge in [0.2, 0.25) is 5.91 Å². The second-order valence-corrected chi connectivity index (χ2v) is 7.33. The highest BCUT2D eigenvalue weighted by atomic mass is 35.5. The minimum Gasteiger partial charge on any atom is -0.376 e. The van der Waals surface area contributed by atoms with Gasteiger partial charge in [-0.2, -0.15) is 0 Å². The van der Waals surface area contributed by atoms with Crippen molar-refractivity contribution >= 4 is 34.8 Å². The van der Waals surface area contributed by atoms with Crippen LogP contribution in [0.2, 0.25) is 5.02 Å². The van der Waals surface area contributed by atoms with Gasteiger partial charge < -0.3 is 16.0 Å². The van der Waals surface area contributed by atoms with E-state index < -0.39 is 5.82 Å². The Labute approximate surface area is 168 Å². The Hall–Kier alpha value is -2.60. The maximum Gasteiger partial charge on any atom is 0.251 e. The summed E-state index contributed by atoms with van der Waals surface area (Å²) in [6.07, 6.45) is 5.55. The number of carbonyl (C=O) groups excluding carboxylic acids is 2.